The summed E-state index contributed by atoms with van der Waals surface area (Å²) in [6.07, 6.45) is -0.660. The lowest BCUT2D eigenvalue weighted by molar-refractivity contribution is -0.131. The van der Waals surface area contributed by atoms with E-state index in [0.29, 0.717) is 0 Å². The van der Waals surface area contributed by atoms with Gasteiger partial charge >= 0.3 is 6.09 Å². The average Bonchev–Trinajstić information content (AvgIpc) is 2.13. The summed E-state index contributed by atoms with van der Waals surface area (Å²) in [6.45, 7) is 6.12. The Balaban J connectivity index is 4.21. The average molecular weight is 248 g/mol. The molecule has 0 rings (SSSR count). The lowest BCUT2D eigenvalue weighted by Crippen LogP contribution is -2.47. The van der Waals surface area contributed by atoms with Gasteiger partial charge in [0.05, 0.1) is 0 Å². The van der Waals surface area contributed by atoms with E-state index < -0.39 is 24.4 Å². The summed E-state index contributed by atoms with van der Waals surface area (Å²) >= 11 is 0. The van der Waals surface area contributed by atoms with E-state index in [4.69, 9.17) is 4.74 Å². The monoisotopic (exact) mass is 248 g/mol. The van der Waals surface area contributed by atoms with Gasteiger partial charge in [-0.2, -0.15) is 0 Å². The Bertz CT molecular complexity index is 276. The highest BCUT2D eigenvalue weighted by atomic mass is 19.1. The molecule has 0 aromatic rings. The van der Waals surface area contributed by atoms with Crippen molar-refractivity contribution < 1.29 is 18.7 Å². The second-order valence-electron chi connectivity index (χ2n) is 4.82. The molecular formula is C11H21FN2O3. The van der Waals surface area contributed by atoms with Crippen LogP contribution in [0.2, 0.25) is 0 Å². The van der Waals surface area contributed by atoms with Crippen molar-refractivity contribution in [2.45, 2.75) is 39.3 Å². The van der Waals surface area contributed by atoms with Crippen molar-refractivity contribution in [3.05, 3.63) is 0 Å². The molecule has 6 heteroatoms. The number of halogens is 1. The molecule has 0 saturated heterocycles. The number of nitrogens with one attached hydrogen (secondary N) is 1. The number of carbonyl (C=O) groups is 2. The molecule has 17 heavy (non-hydrogen) atoms. The fourth-order valence-corrected chi connectivity index (χ4v) is 1.11. The highest BCUT2D eigenvalue weighted by molar-refractivity contribution is 5.85. The van der Waals surface area contributed by atoms with Crippen LogP contribution in [-0.4, -0.2) is 48.8 Å². The van der Waals surface area contributed by atoms with Crippen LogP contribution in [0.1, 0.15) is 27.7 Å². The third-order valence-corrected chi connectivity index (χ3v) is 1.90. The van der Waals surface area contributed by atoms with E-state index in [1.807, 2.05) is 0 Å². The number of likely N-dealkylation sites (N-methyl/N-ethyl adjacent to an activating group) is 1. The molecule has 0 aliphatic rings. The van der Waals surface area contributed by atoms with Gasteiger partial charge in [0, 0.05) is 13.6 Å². The van der Waals surface area contributed by atoms with Gasteiger partial charge in [-0.1, -0.05) is 0 Å². The molecule has 0 bridgehead atoms. The number of amides is 2. The Hall–Kier alpha value is -1.33. The summed E-state index contributed by atoms with van der Waals surface area (Å²) < 4.78 is 17.0. The van der Waals surface area contributed by atoms with Crippen molar-refractivity contribution >= 4 is 12.0 Å². The minimum atomic E-state index is -0.735. The van der Waals surface area contributed by atoms with E-state index in [1.165, 1.54) is 18.9 Å². The van der Waals surface area contributed by atoms with Gasteiger partial charge in [0.15, 0.2) is 0 Å². The molecule has 100 valence electrons. The van der Waals surface area contributed by atoms with Gasteiger partial charge in [0.2, 0.25) is 5.91 Å². The standard InChI is InChI=1S/C11H21FN2O3/c1-8(9(15)14(5)7-6-12)13-10(16)17-11(2,3)4/h8H,6-7H2,1-5H3,(H,13,16). The third-order valence-electron chi connectivity index (χ3n) is 1.90. The number of alkyl carbamates (subject to hydrolysis) is 1. The summed E-state index contributed by atoms with van der Waals surface area (Å²) in [4.78, 5) is 24.2. The molecule has 0 aliphatic heterocycles. The van der Waals surface area contributed by atoms with Crippen LogP contribution in [0.25, 0.3) is 0 Å². The largest absolute Gasteiger partial charge is 0.444 e. The molecule has 0 fully saturated rings. The van der Waals surface area contributed by atoms with Crippen LogP contribution in [0.4, 0.5) is 9.18 Å². The SMILES string of the molecule is CC(NC(=O)OC(C)(C)C)C(=O)N(C)CCF. The highest BCUT2D eigenvalue weighted by Gasteiger charge is 2.22. The van der Waals surface area contributed by atoms with Crippen LogP contribution in [0.3, 0.4) is 0 Å². The maximum Gasteiger partial charge on any atom is 0.408 e. The molecule has 1 atom stereocenters. The Morgan fingerprint density at radius 2 is 1.94 bits per heavy atom. The lowest BCUT2D eigenvalue weighted by Gasteiger charge is -2.24. The normalized spacial score (nSPS) is 12.8. The Kier molecular flexibility index (Phi) is 5.91. The molecule has 0 spiro atoms. The number of carbonyl (C=O) groups excluding carboxylic acids is 2. The van der Waals surface area contributed by atoms with E-state index in [9.17, 15) is 14.0 Å². The van der Waals surface area contributed by atoms with Crippen LogP contribution < -0.4 is 5.32 Å². The number of hydrogen-bond donors (Lipinski definition) is 1. The molecule has 0 aliphatic carbocycles. The maximum atomic E-state index is 12.0. The van der Waals surface area contributed by atoms with E-state index >= 15 is 0 Å². The highest BCUT2D eigenvalue weighted by Crippen LogP contribution is 2.06. The van der Waals surface area contributed by atoms with E-state index in [-0.39, 0.29) is 12.5 Å². The van der Waals surface area contributed by atoms with Crippen molar-refractivity contribution in [1.29, 1.82) is 0 Å². The van der Waals surface area contributed by atoms with Crippen LogP contribution in [-0.2, 0) is 9.53 Å². The third kappa shape index (κ3) is 6.76. The second-order valence-corrected chi connectivity index (χ2v) is 4.82. The summed E-state index contributed by atoms with van der Waals surface area (Å²) in [5.74, 6) is -0.353. The van der Waals surface area contributed by atoms with Gasteiger partial charge < -0.3 is 15.0 Å². The summed E-state index contributed by atoms with van der Waals surface area (Å²) in [6, 6.07) is -0.735. The minimum Gasteiger partial charge on any atom is -0.444 e. The minimum absolute atomic E-state index is 0.0131. The molecule has 5 nitrogen and oxygen atoms in total. The number of hydrogen-bond acceptors (Lipinski definition) is 3. The Morgan fingerprint density at radius 3 is 2.35 bits per heavy atom. The van der Waals surface area contributed by atoms with Gasteiger partial charge in [0.25, 0.3) is 0 Å². The molecule has 2 amide bonds. The smallest absolute Gasteiger partial charge is 0.408 e. The van der Waals surface area contributed by atoms with Crippen molar-refractivity contribution in [2.24, 2.45) is 0 Å². The van der Waals surface area contributed by atoms with Crippen molar-refractivity contribution in [2.75, 3.05) is 20.3 Å². The predicted octanol–water partition coefficient (Wildman–Crippen LogP) is 1.33. The van der Waals surface area contributed by atoms with Gasteiger partial charge in [-0.15, -0.1) is 0 Å². The molecule has 0 aromatic carbocycles. The molecule has 0 saturated carbocycles. The fourth-order valence-electron chi connectivity index (χ4n) is 1.11. The first kappa shape index (κ1) is 15.7. The summed E-state index contributed by atoms with van der Waals surface area (Å²) in [5, 5.41) is 2.40. The van der Waals surface area contributed by atoms with Crippen molar-refractivity contribution in [3.63, 3.8) is 0 Å². The van der Waals surface area contributed by atoms with Crippen LogP contribution >= 0.6 is 0 Å². The van der Waals surface area contributed by atoms with E-state index in [1.54, 1.807) is 20.8 Å². The number of ether oxygens (including phenoxy) is 1. The predicted molar refractivity (Wildman–Crippen MR) is 62.4 cm³/mol. The Labute approximate surface area is 101 Å². The van der Waals surface area contributed by atoms with Crippen LogP contribution in [0.15, 0.2) is 0 Å². The van der Waals surface area contributed by atoms with Gasteiger partial charge in [0.1, 0.15) is 18.3 Å². The summed E-state index contributed by atoms with van der Waals surface area (Å²) in [7, 11) is 1.48. The van der Waals surface area contributed by atoms with Gasteiger partial charge in [-0.05, 0) is 27.7 Å². The quantitative estimate of drug-likeness (QED) is 0.816. The first-order valence-corrected chi connectivity index (χ1v) is 5.48. The van der Waals surface area contributed by atoms with E-state index in [0.717, 1.165) is 0 Å². The number of alkyl halides is 1. The topological polar surface area (TPSA) is 58.6 Å². The van der Waals surface area contributed by atoms with Crippen LogP contribution in [0.5, 0.6) is 0 Å². The summed E-state index contributed by atoms with van der Waals surface area (Å²) in [5.41, 5.74) is -0.613. The van der Waals surface area contributed by atoms with E-state index in [2.05, 4.69) is 5.32 Å². The van der Waals surface area contributed by atoms with Crippen molar-refractivity contribution in [1.82, 2.24) is 10.2 Å². The zero-order chi connectivity index (χ0) is 13.6. The fraction of sp³-hybridized carbons (Fsp3) is 0.818. The van der Waals surface area contributed by atoms with Gasteiger partial charge in [-0.3, -0.25) is 4.79 Å². The molecule has 0 heterocycles. The van der Waals surface area contributed by atoms with Crippen molar-refractivity contribution in [3.8, 4) is 0 Å². The molecule has 0 radical (unpaired) electrons. The van der Waals surface area contributed by atoms with Crippen LogP contribution in [0, 0.1) is 0 Å². The van der Waals surface area contributed by atoms with Gasteiger partial charge in [-0.25, -0.2) is 9.18 Å². The zero-order valence-electron chi connectivity index (χ0n) is 11.0. The number of rotatable bonds is 4. The molecule has 1 N–H and O–H groups in total. The first-order chi connectivity index (χ1) is 7.67. The second kappa shape index (κ2) is 6.42. The Morgan fingerprint density at radius 1 is 1.41 bits per heavy atom. The molecule has 0 aromatic heterocycles. The zero-order valence-corrected chi connectivity index (χ0v) is 11.0. The first-order valence-electron chi connectivity index (χ1n) is 5.48. The lowest BCUT2D eigenvalue weighted by atomic mass is 10.2. The maximum absolute atomic E-state index is 12.0. The number of nitrogens with zero attached hydrogens (tertiary/aromatic N) is 1. The molecular weight excluding hydrogens is 227 g/mol. The molecule has 1 unspecified atom stereocenters.